The Bertz CT molecular complexity index is 884. The molecule has 1 aromatic carbocycles. The number of hydrogen-bond acceptors (Lipinski definition) is 4. The molecule has 0 spiro atoms. The normalized spacial score (nSPS) is 18.0. The van der Waals surface area contributed by atoms with Crippen LogP contribution >= 0.6 is 11.6 Å². The Morgan fingerprint density at radius 1 is 1.00 bits per heavy atom. The zero-order valence-corrected chi connectivity index (χ0v) is 18.6. The van der Waals surface area contributed by atoms with Crippen LogP contribution in [0, 0.1) is 0 Å². The molecule has 1 N–H and O–H groups in total. The van der Waals surface area contributed by atoms with Gasteiger partial charge < -0.3 is 14.6 Å². The van der Waals surface area contributed by atoms with E-state index >= 15 is 0 Å². The number of carbonyl (C=O) groups is 2. The number of benzene rings is 1. The molecule has 0 aliphatic heterocycles. The van der Waals surface area contributed by atoms with Crippen LogP contribution in [0.3, 0.4) is 0 Å². The SMILES string of the molecule is O=C(NC1CCCCC1)c1coc(CN(C(=O)c2ccc(Cl)cc2)C2CCCCC2)n1. The second-order valence-electron chi connectivity index (χ2n) is 8.67. The van der Waals surface area contributed by atoms with Crippen molar-refractivity contribution in [1.29, 1.82) is 0 Å². The second-order valence-corrected chi connectivity index (χ2v) is 9.10. The fraction of sp³-hybridized carbons (Fsp3) is 0.542. The summed E-state index contributed by atoms with van der Waals surface area (Å²) in [6.07, 6.45) is 12.3. The number of amides is 2. The molecule has 0 radical (unpaired) electrons. The molecule has 1 heterocycles. The van der Waals surface area contributed by atoms with Crippen molar-refractivity contribution in [3.8, 4) is 0 Å². The minimum absolute atomic E-state index is 0.0602. The Balaban J connectivity index is 1.47. The molecule has 31 heavy (non-hydrogen) atoms. The first-order valence-electron chi connectivity index (χ1n) is 11.4. The second kappa shape index (κ2) is 10.3. The minimum atomic E-state index is -0.199. The number of halogens is 1. The van der Waals surface area contributed by atoms with Crippen molar-refractivity contribution in [2.75, 3.05) is 0 Å². The highest BCUT2D eigenvalue weighted by Gasteiger charge is 2.28. The highest BCUT2D eigenvalue weighted by Crippen LogP contribution is 2.26. The van der Waals surface area contributed by atoms with Gasteiger partial charge >= 0.3 is 0 Å². The monoisotopic (exact) mass is 443 g/mol. The molecule has 4 rings (SSSR count). The van der Waals surface area contributed by atoms with Crippen LogP contribution in [0.25, 0.3) is 0 Å². The van der Waals surface area contributed by atoms with Gasteiger partial charge in [0.1, 0.15) is 6.26 Å². The van der Waals surface area contributed by atoms with Crippen molar-refractivity contribution in [2.45, 2.75) is 82.8 Å². The Morgan fingerprint density at radius 2 is 1.65 bits per heavy atom. The summed E-state index contributed by atoms with van der Waals surface area (Å²) in [5.41, 5.74) is 0.875. The predicted octanol–water partition coefficient (Wildman–Crippen LogP) is 5.37. The Labute approximate surface area is 188 Å². The average Bonchev–Trinajstić information content (AvgIpc) is 3.28. The molecular weight excluding hydrogens is 414 g/mol. The highest BCUT2D eigenvalue weighted by molar-refractivity contribution is 6.30. The number of nitrogens with zero attached hydrogens (tertiary/aromatic N) is 2. The zero-order valence-electron chi connectivity index (χ0n) is 17.8. The summed E-state index contributed by atoms with van der Waals surface area (Å²) in [6, 6.07) is 7.31. The van der Waals surface area contributed by atoms with Crippen molar-refractivity contribution >= 4 is 23.4 Å². The van der Waals surface area contributed by atoms with E-state index in [0.29, 0.717) is 16.5 Å². The third-order valence-corrected chi connectivity index (χ3v) is 6.65. The van der Waals surface area contributed by atoms with Gasteiger partial charge in [0, 0.05) is 22.7 Å². The highest BCUT2D eigenvalue weighted by atomic mass is 35.5. The van der Waals surface area contributed by atoms with Gasteiger partial charge in [-0.05, 0) is 49.9 Å². The van der Waals surface area contributed by atoms with Gasteiger partial charge in [0.25, 0.3) is 11.8 Å². The van der Waals surface area contributed by atoms with E-state index < -0.39 is 0 Å². The Morgan fingerprint density at radius 3 is 2.32 bits per heavy atom. The van der Waals surface area contributed by atoms with Crippen LogP contribution in [-0.4, -0.2) is 33.8 Å². The van der Waals surface area contributed by atoms with E-state index in [0.717, 1.165) is 51.4 Å². The molecule has 0 atom stereocenters. The summed E-state index contributed by atoms with van der Waals surface area (Å²) in [6.45, 7) is 0.253. The van der Waals surface area contributed by atoms with E-state index in [4.69, 9.17) is 16.0 Å². The maximum atomic E-state index is 13.3. The van der Waals surface area contributed by atoms with Crippen molar-refractivity contribution in [3.63, 3.8) is 0 Å². The Kier molecular flexibility index (Phi) is 7.28. The molecule has 2 fully saturated rings. The third-order valence-electron chi connectivity index (χ3n) is 6.40. The van der Waals surface area contributed by atoms with Gasteiger partial charge in [-0.1, -0.05) is 50.1 Å². The van der Waals surface area contributed by atoms with Gasteiger partial charge in [0.2, 0.25) is 5.89 Å². The number of carbonyl (C=O) groups excluding carboxylic acids is 2. The van der Waals surface area contributed by atoms with Gasteiger partial charge in [-0.3, -0.25) is 9.59 Å². The molecule has 0 saturated heterocycles. The van der Waals surface area contributed by atoms with Crippen LogP contribution in [0.4, 0.5) is 0 Å². The van der Waals surface area contributed by atoms with Crippen molar-refractivity contribution in [3.05, 3.63) is 52.7 Å². The van der Waals surface area contributed by atoms with Gasteiger partial charge in [-0.2, -0.15) is 0 Å². The van der Waals surface area contributed by atoms with Gasteiger partial charge in [-0.25, -0.2) is 4.98 Å². The van der Waals surface area contributed by atoms with Crippen LogP contribution in [0.1, 0.15) is 90.9 Å². The van der Waals surface area contributed by atoms with Gasteiger partial charge in [0.05, 0.1) is 6.54 Å². The Hall–Kier alpha value is -2.34. The third kappa shape index (κ3) is 5.67. The van der Waals surface area contributed by atoms with Crippen molar-refractivity contribution < 1.29 is 14.0 Å². The first kappa shape index (κ1) is 21.9. The number of aromatic nitrogens is 1. The van der Waals surface area contributed by atoms with Crippen LogP contribution in [0.2, 0.25) is 5.02 Å². The van der Waals surface area contributed by atoms with Gasteiger partial charge in [0.15, 0.2) is 5.69 Å². The van der Waals surface area contributed by atoms with Crippen molar-refractivity contribution in [2.24, 2.45) is 0 Å². The maximum Gasteiger partial charge on any atom is 0.273 e. The minimum Gasteiger partial charge on any atom is -0.446 e. The van der Waals surface area contributed by atoms with Crippen LogP contribution in [0.5, 0.6) is 0 Å². The summed E-state index contributed by atoms with van der Waals surface area (Å²) < 4.78 is 5.61. The summed E-state index contributed by atoms with van der Waals surface area (Å²) in [5, 5.41) is 3.66. The van der Waals surface area contributed by atoms with E-state index in [1.165, 1.54) is 19.1 Å². The standard InChI is InChI=1S/C24H30ClN3O3/c25-18-13-11-17(12-14-18)24(30)28(20-9-5-2-6-10-20)15-22-27-21(16-31-22)23(29)26-19-7-3-1-4-8-19/h11-14,16,19-20H,1-10,15H2,(H,26,29). The lowest BCUT2D eigenvalue weighted by molar-refractivity contribution is 0.0592. The summed E-state index contributed by atoms with van der Waals surface area (Å²) in [4.78, 5) is 32.1. The first-order valence-corrected chi connectivity index (χ1v) is 11.8. The van der Waals surface area contributed by atoms with E-state index in [-0.39, 0.29) is 36.1 Å². The van der Waals surface area contributed by atoms with E-state index in [1.54, 1.807) is 24.3 Å². The topological polar surface area (TPSA) is 75.4 Å². The average molecular weight is 444 g/mol. The maximum absolute atomic E-state index is 13.3. The molecule has 2 aliphatic rings. The lowest BCUT2D eigenvalue weighted by Crippen LogP contribution is -2.41. The number of hydrogen-bond donors (Lipinski definition) is 1. The van der Waals surface area contributed by atoms with Crippen LogP contribution in [-0.2, 0) is 6.54 Å². The quantitative estimate of drug-likeness (QED) is 0.651. The zero-order chi connectivity index (χ0) is 21.6. The summed E-state index contributed by atoms with van der Waals surface area (Å²) >= 11 is 5.99. The largest absolute Gasteiger partial charge is 0.446 e. The van der Waals surface area contributed by atoms with E-state index in [9.17, 15) is 9.59 Å². The van der Waals surface area contributed by atoms with Crippen LogP contribution < -0.4 is 5.32 Å². The molecule has 2 saturated carbocycles. The molecule has 0 unspecified atom stereocenters. The van der Waals surface area contributed by atoms with Gasteiger partial charge in [-0.15, -0.1) is 0 Å². The number of nitrogens with one attached hydrogen (secondary N) is 1. The molecule has 2 amide bonds. The van der Waals surface area contributed by atoms with E-state index in [2.05, 4.69) is 10.3 Å². The molecule has 2 aliphatic carbocycles. The van der Waals surface area contributed by atoms with Crippen molar-refractivity contribution in [1.82, 2.24) is 15.2 Å². The molecule has 166 valence electrons. The predicted molar refractivity (Wildman–Crippen MR) is 119 cm³/mol. The summed E-state index contributed by atoms with van der Waals surface area (Å²) in [7, 11) is 0. The molecule has 7 heteroatoms. The number of oxazole rings is 1. The molecular formula is C24H30ClN3O3. The van der Waals surface area contributed by atoms with Crippen LogP contribution in [0.15, 0.2) is 34.9 Å². The molecule has 2 aromatic rings. The fourth-order valence-electron chi connectivity index (χ4n) is 4.66. The first-order chi connectivity index (χ1) is 15.1. The molecule has 6 nitrogen and oxygen atoms in total. The van der Waals surface area contributed by atoms with E-state index in [1.807, 2.05) is 4.90 Å². The summed E-state index contributed by atoms with van der Waals surface area (Å²) in [5.74, 6) is 0.131. The lowest BCUT2D eigenvalue weighted by atomic mass is 9.93. The number of rotatable bonds is 6. The lowest BCUT2D eigenvalue weighted by Gasteiger charge is -2.33. The molecule has 0 bridgehead atoms. The smallest absolute Gasteiger partial charge is 0.273 e. The fourth-order valence-corrected chi connectivity index (χ4v) is 4.78. The molecule has 1 aromatic heterocycles.